The minimum atomic E-state index is -0.513. The van der Waals surface area contributed by atoms with Crippen LogP contribution in [-0.4, -0.2) is 54.9 Å². The van der Waals surface area contributed by atoms with Crippen molar-refractivity contribution in [1.82, 2.24) is 10.2 Å². The van der Waals surface area contributed by atoms with E-state index in [-0.39, 0.29) is 29.6 Å². The molecule has 2 amide bonds. The van der Waals surface area contributed by atoms with E-state index in [9.17, 15) is 19.7 Å². The summed E-state index contributed by atoms with van der Waals surface area (Å²) in [5.41, 5.74) is 0.439. The van der Waals surface area contributed by atoms with Crippen LogP contribution in [0.25, 0.3) is 0 Å². The van der Waals surface area contributed by atoms with Crippen molar-refractivity contribution in [3.8, 4) is 0 Å². The largest absolute Gasteiger partial charge is 0.357 e. The molecule has 0 radical (unpaired) electrons. The van der Waals surface area contributed by atoms with Gasteiger partial charge in [0.05, 0.1) is 11.5 Å². The highest BCUT2D eigenvalue weighted by Crippen LogP contribution is 2.30. The number of amides is 2. The van der Waals surface area contributed by atoms with Gasteiger partial charge in [0, 0.05) is 38.3 Å². The van der Waals surface area contributed by atoms with E-state index >= 15 is 0 Å². The molecule has 0 atom stereocenters. The monoisotopic (exact) mass is 334 g/mol. The van der Waals surface area contributed by atoms with Crippen LogP contribution in [0.5, 0.6) is 0 Å². The molecule has 130 valence electrons. The van der Waals surface area contributed by atoms with E-state index in [4.69, 9.17) is 0 Å². The highest BCUT2D eigenvalue weighted by Gasteiger charge is 2.27. The van der Waals surface area contributed by atoms with E-state index < -0.39 is 4.92 Å². The molecule has 2 rings (SSSR count). The second kappa shape index (κ2) is 7.76. The van der Waals surface area contributed by atoms with Crippen LogP contribution in [0.2, 0.25) is 0 Å². The van der Waals surface area contributed by atoms with E-state index in [0.29, 0.717) is 25.3 Å². The van der Waals surface area contributed by atoms with Crippen LogP contribution in [0.3, 0.4) is 0 Å². The van der Waals surface area contributed by atoms with Crippen LogP contribution in [0.4, 0.5) is 11.4 Å². The van der Waals surface area contributed by atoms with Crippen LogP contribution in [0.1, 0.15) is 30.1 Å². The predicted octanol–water partition coefficient (Wildman–Crippen LogP) is 1.40. The Morgan fingerprint density at radius 2 is 2.12 bits per heavy atom. The minimum Gasteiger partial charge on any atom is -0.357 e. The summed E-state index contributed by atoms with van der Waals surface area (Å²) < 4.78 is 0. The average molecular weight is 334 g/mol. The van der Waals surface area contributed by atoms with Crippen molar-refractivity contribution in [3.05, 3.63) is 33.9 Å². The van der Waals surface area contributed by atoms with Gasteiger partial charge in [0.1, 0.15) is 5.69 Å². The number of anilines is 1. The van der Waals surface area contributed by atoms with Crippen molar-refractivity contribution in [2.24, 2.45) is 0 Å². The highest BCUT2D eigenvalue weighted by atomic mass is 16.6. The average Bonchev–Trinajstić information content (AvgIpc) is 2.76. The van der Waals surface area contributed by atoms with Gasteiger partial charge in [-0.1, -0.05) is 6.92 Å². The second-order valence-corrected chi connectivity index (χ2v) is 5.70. The number of nitrogens with one attached hydrogen (secondary N) is 1. The standard InChI is InChI=1S/C16H22N4O4/c1-3-7-18-8-4-9-19(11-15(18)21)13-6-5-12(16(22)17-2)10-14(13)20(23)24/h5-6,10H,3-4,7-9,11H2,1-2H3,(H,17,22). The fourth-order valence-corrected chi connectivity index (χ4v) is 2.85. The van der Waals surface area contributed by atoms with E-state index in [1.165, 1.54) is 13.1 Å². The summed E-state index contributed by atoms with van der Waals surface area (Å²) in [7, 11) is 1.47. The molecule has 1 N–H and O–H groups in total. The van der Waals surface area contributed by atoms with Crippen LogP contribution >= 0.6 is 0 Å². The zero-order chi connectivity index (χ0) is 17.7. The minimum absolute atomic E-state index is 0.0287. The Morgan fingerprint density at radius 1 is 1.38 bits per heavy atom. The van der Waals surface area contributed by atoms with Gasteiger partial charge < -0.3 is 15.1 Å². The van der Waals surface area contributed by atoms with Gasteiger partial charge >= 0.3 is 0 Å². The Kier molecular flexibility index (Phi) is 5.73. The molecule has 1 aromatic carbocycles. The van der Waals surface area contributed by atoms with Gasteiger partial charge in [-0.05, 0) is 25.0 Å². The highest BCUT2D eigenvalue weighted by molar-refractivity contribution is 5.95. The summed E-state index contributed by atoms with van der Waals surface area (Å²) in [5, 5.41) is 13.9. The fraction of sp³-hybridized carbons (Fsp3) is 0.500. The van der Waals surface area contributed by atoms with Crippen molar-refractivity contribution < 1.29 is 14.5 Å². The first-order valence-corrected chi connectivity index (χ1v) is 8.01. The number of nitro groups is 1. The number of nitro benzene ring substituents is 1. The molecule has 1 aromatic rings. The Hall–Kier alpha value is -2.64. The number of hydrogen-bond donors (Lipinski definition) is 1. The van der Waals surface area contributed by atoms with Crippen LogP contribution in [-0.2, 0) is 4.79 Å². The topological polar surface area (TPSA) is 95.8 Å². The third-order valence-electron chi connectivity index (χ3n) is 4.03. The first kappa shape index (κ1) is 17.7. The molecular weight excluding hydrogens is 312 g/mol. The van der Waals surface area contributed by atoms with Crippen molar-refractivity contribution in [1.29, 1.82) is 0 Å². The maximum atomic E-state index is 12.3. The predicted molar refractivity (Wildman–Crippen MR) is 90.2 cm³/mol. The molecule has 0 aromatic heterocycles. The summed E-state index contributed by atoms with van der Waals surface area (Å²) in [5.74, 6) is -0.412. The summed E-state index contributed by atoms with van der Waals surface area (Å²) >= 11 is 0. The van der Waals surface area contributed by atoms with Gasteiger partial charge in [-0.25, -0.2) is 0 Å². The number of hydrogen-bond acceptors (Lipinski definition) is 5. The molecule has 0 spiro atoms. The molecule has 24 heavy (non-hydrogen) atoms. The Bertz CT molecular complexity index is 647. The number of carbonyl (C=O) groups excluding carboxylic acids is 2. The molecule has 1 saturated heterocycles. The molecule has 0 bridgehead atoms. The summed E-state index contributed by atoms with van der Waals surface area (Å²) in [4.78, 5) is 38.5. The SMILES string of the molecule is CCCN1CCCN(c2ccc(C(=O)NC)cc2[N+](=O)[O-])CC1=O. The van der Waals surface area contributed by atoms with Crippen LogP contribution < -0.4 is 10.2 Å². The Balaban J connectivity index is 2.32. The maximum Gasteiger partial charge on any atom is 0.293 e. The molecule has 1 heterocycles. The lowest BCUT2D eigenvalue weighted by Gasteiger charge is -2.23. The van der Waals surface area contributed by atoms with E-state index in [1.54, 1.807) is 21.9 Å². The Morgan fingerprint density at radius 3 is 2.75 bits per heavy atom. The maximum absolute atomic E-state index is 12.3. The molecule has 1 aliphatic rings. The zero-order valence-electron chi connectivity index (χ0n) is 13.9. The van der Waals surface area contributed by atoms with Gasteiger partial charge in [0.25, 0.3) is 11.6 Å². The van der Waals surface area contributed by atoms with Crippen LogP contribution in [0.15, 0.2) is 18.2 Å². The van der Waals surface area contributed by atoms with E-state index in [1.807, 2.05) is 6.92 Å². The van der Waals surface area contributed by atoms with E-state index in [2.05, 4.69) is 5.32 Å². The van der Waals surface area contributed by atoms with Crippen LogP contribution in [0, 0.1) is 10.1 Å². The van der Waals surface area contributed by atoms with Crippen molar-refractivity contribution >= 4 is 23.2 Å². The lowest BCUT2D eigenvalue weighted by molar-refractivity contribution is -0.384. The lowest BCUT2D eigenvalue weighted by Crippen LogP contribution is -2.37. The van der Waals surface area contributed by atoms with E-state index in [0.717, 1.165) is 12.8 Å². The van der Waals surface area contributed by atoms with Gasteiger partial charge in [-0.3, -0.25) is 19.7 Å². The van der Waals surface area contributed by atoms with Gasteiger partial charge in [0.2, 0.25) is 5.91 Å². The molecule has 0 saturated carbocycles. The molecular formula is C16H22N4O4. The fourth-order valence-electron chi connectivity index (χ4n) is 2.85. The molecule has 0 unspecified atom stereocenters. The van der Waals surface area contributed by atoms with Crippen molar-refractivity contribution in [2.45, 2.75) is 19.8 Å². The number of benzene rings is 1. The molecule has 0 aliphatic carbocycles. The second-order valence-electron chi connectivity index (χ2n) is 5.70. The van der Waals surface area contributed by atoms with Gasteiger partial charge in [-0.2, -0.15) is 0 Å². The molecule has 8 heteroatoms. The molecule has 1 aliphatic heterocycles. The summed E-state index contributed by atoms with van der Waals surface area (Å²) in [6.07, 6.45) is 1.63. The summed E-state index contributed by atoms with van der Waals surface area (Å²) in [6, 6.07) is 4.35. The third kappa shape index (κ3) is 3.81. The first-order valence-electron chi connectivity index (χ1n) is 8.01. The lowest BCUT2D eigenvalue weighted by atomic mass is 10.1. The molecule has 1 fully saturated rings. The number of carbonyl (C=O) groups is 2. The molecule has 8 nitrogen and oxygen atoms in total. The normalized spacial score (nSPS) is 15.2. The zero-order valence-corrected chi connectivity index (χ0v) is 13.9. The Labute approximate surface area is 140 Å². The van der Waals surface area contributed by atoms with Gasteiger partial charge in [0.15, 0.2) is 0 Å². The van der Waals surface area contributed by atoms with Gasteiger partial charge in [-0.15, -0.1) is 0 Å². The number of rotatable bonds is 5. The number of nitrogens with zero attached hydrogens (tertiary/aromatic N) is 3. The quantitative estimate of drug-likeness (QED) is 0.649. The van der Waals surface area contributed by atoms with Crippen molar-refractivity contribution in [2.75, 3.05) is 38.1 Å². The third-order valence-corrected chi connectivity index (χ3v) is 4.03. The smallest absolute Gasteiger partial charge is 0.293 e. The summed E-state index contributed by atoms with van der Waals surface area (Å²) in [6.45, 7) is 4.04. The van der Waals surface area contributed by atoms with Crippen molar-refractivity contribution in [3.63, 3.8) is 0 Å². The first-order chi connectivity index (χ1) is 11.5.